The summed E-state index contributed by atoms with van der Waals surface area (Å²) in [6.45, 7) is 4.19. The number of nitrogens with one attached hydrogen (secondary N) is 1. The van der Waals surface area contributed by atoms with E-state index in [4.69, 9.17) is 26.6 Å². The van der Waals surface area contributed by atoms with Crippen molar-refractivity contribution in [3.05, 3.63) is 59.2 Å². The van der Waals surface area contributed by atoms with Crippen LogP contribution in [0.1, 0.15) is 18.4 Å². The minimum atomic E-state index is -3.49. The van der Waals surface area contributed by atoms with Crippen LogP contribution in [0.3, 0.4) is 0 Å². The van der Waals surface area contributed by atoms with Gasteiger partial charge in [0.1, 0.15) is 5.82 Å². The Morgan fingerprint density at radius 2 is 1.71 bits per heavy atom. The van der Waals surface area contributed by atoms with E-state index < -0.39 is 16.4 Å². The largest absolute Gasteiger partial charge is 0.503 e. The van der Waals surface area contributed by atoms with Crippen LogP contribution in [0.25, 0.3) is 0 Å². The molecule has 2 aromatic rings. The smallest absolute Gasteiger partial charge is 0.450 e. The predicted octanol–water partition coefficient (Wildman–Crippen LogP) is 2.72. The molecule has 168 valence electrons. The average Bonchev–Trinajstić information content (AvgIpc) is 3.36. The van der Waals surface area contributed by atoms with E-state index in [9.17, 15) is 8.42 Å². The first-order valence-corrected chi connectivity index (χ1v) is 11.6. The van der Waals surface area contributed by atoms with Crippen molar-refractivity contribution in [3.63, 3.8) is 0 Å². The molecule has 1 saturated carbocycles. The van der Waals surface area contributed by atoms with E-state index in [1.54, 1.807) is 12.3 Å². The van der Waals surface area contributed by atoms with Crippen molar-refractivity contribution >= 4 is 33.8 Å². The molecule has 1 aliphatic heterocycles. The molecular weight excluding hydrogens is 444 g/mol. The number of piperazine rings is 1. The van der Waals surface area contributed by atoms with Crippen LogP contribution in [0.2, 0.25) is 5.02 Å². The van der Waals surface area contributed by atoms with E-state index in [0.717, 1.165) is 5.82 Å². The number of hydrogen-bond acceptors (Lipinski definition) is 5. The Hall–Kier alpha value is -2.40. The van der Waals surface area contributed by atoms with Crippen molar-refractivity contribution in [3.8, 4) is 0 Å². The topological polar surface area (TPSA) is 123 Å². The summed E-state index contributed by atoms with van der Waals surface area (Å²) >= 11 is 5.88. The summed E-state index contributed by atoms with van der Waals surface area (Å²) in [4.78, 5) is 14.9. The molecule has 2 heterocycles. The predicted molar refractivity (Wildman–Crippen MR) is 118 cm³/mol. The highest BCUT2D eigenvalue weighted by Gasteiger charge is 2.50. The molecule has 31 heavy (non-hydrogen) atoms. The number of carbonyl (C=O) groups is 1. The van der Waals surface area contributed by atoms with Gasteiger partial charge in [-0.25, -0.2) is 9.78 Å². The van der Waals surface area contributed by atoms with E-state index in [-0.39, 0.29) is 12.0 Å². The lowest BCUT2D eigenvalue weighted by atomic mass is 10.1. The van der Waals surface area contributed by atoms with Crippen molar-refractivity contribution in [2.75, 3.05) is 31.1 Å². The number of halogens is 1. The second-order valence-corrected chi connectivity index (χ2v) is 9.59. The zero-order chi connectivity index (χ0) is 22.6. The molecule has 11 heteroatoms. The van der Waals surface area contributed by atoms with Crippen LogP contribution in [-0.4, -0.2) is 66.3 Å². The van der Waals surface area contributed by atoms with Gasteiger partial charge < -0.3 is 15.1 Å². The average molecular weight is 469 g/mol. The van der Waals surface area contributed by atoms with Crippen LogP contribution in [0.15, 0.2) is 48.7 Å². The Kier molecular flexibility index (Phi) is 7.37. The summed E-state index contributed by atoms with van der Waals surface area (Å²) in [5.74, 6) is 1.38. The lowest BCUT2D eigenvalue weighted by Gasteiger charge is -2.34. The molecule has 0 bridgehead atoms. The van der Waals surface area contributed by atoms with Crippen LogP contribution in [0, 0.1) is 5.92 Å². The third-order valence-electron chi connectivity index (χ3n) is 5.46. The molecule has 1 aromatic carbocycles. The molecule has 1 saturated heterocycles. The van der Waals surface area contributed by atoms with Crippen LogP contribution in [0.4, 0.5) is 10.6 Å². The molecule has 2 aliphatic rings. The molecule has 1 aromatic heterocycles. The summed E-state index contributed by atoms with van der Waals surface area (Å²) in [6.07, 6.45) is -0.222. The first-order valence-electron chi connectivity index (χ1n) is 9.80. The molecule has 1 aliphatic carbocycles. The Morgan fingerprint density at radius 1 is 1.10 bits per heavy atom. The minimum absolute atomic E-state index is 0.0339. The summed E-state index contributed by atoms with van der Waals surface area (Å²) in [7, 11) is -3.49. The monoisotopic (exact) mass is 468 g/mol. The zero-order valence-electron chi connectivity index (χ0n) is 16.9. The van der Waals surface area contributed by atoms with Gasteiger partial charge in [0.25, 0.3) is 10.2 Å². The van der Waals surface area contributed by atoms with Gasteiger partial charge in [-0.05, 0) is 23.6 Å². The van der Waals surface area contributed by atoms with Gasteiger partial charge in [-0.3, -0.25) is 0 Å². The molecule has 4 rings (SSSR count). The molecule has 0 amide bonds. The lowest BCUT2D eigenvalue weighted by molar-refractivity contribution is 0.137. The SMILES string of the molecule is C[C@H]1[C@H](NS(=O)(=O)N2CCN(c3ccc(Cl)cn3)CC2)[C@H]1c1ccccc1.O=C(O)O. The number of carboxylic acid groups (broad SMARTS) is 2. The van der Waals surface area contributed by atoms with Crippen LogP contribution >= 0.6 is 11.6 Å². The Balaban J connectivity index is 0.000000628. The Morgan fingerprint density at radius 3 is 2.26 bits per heavy atom. The number of anilines is 1. The molecule has 9 nitrogen and oxygen atoms in total. The van der Waals surface area contributed by atoms with Gasteiger partial charge in [0.15, 0.2) is 0 Å². The van der Waals surface area contributed by atoms with E-state index in [1.807, 2.05) is 24.3 Å². The molecule has 2 fully saturated rings. The van der Waals surface area contributed by atoms with Gasteiger partial charge in [0, 0.05) is 44.3 Å². The molecular formula is C20H25ClN4O5S. The minimum Gasteiger partial charge on any atom is -0.450 e. The molecule has 3 N–H and O–H groups in total. The van der Waals surface area contributed by atoms with Gasteiger partial charge in [-0.1, -0.05) is 48.9 Å². The molecule has 0 radical (unpaired) electrons. The standard InChI is InChI=1S/C19H23ClN4O2S.CH2O3/c1-14-18(15-5-3-2-4-6-15)19(14)22-27(25,26)24-11-9-23(10-12-24)17-8-7-16(20)13-21-17;2-1(3)4/h2-8,13-14,18-19,22H,9-12H2,1H3;(H2,2,3,4)/t14-,18-,19+;/m1./s1. The molecule has 0 unspecified atom stereocenters. The van der Waals surface area contributed by atoms with E-state index >= 15 is 0 Å². The number of benzene rings is 1. The number of pyridine rings is 1. The fraction of sp³-hybridized carbons (Fsp3) is 0.400. The van der Waals surface area contributed by atoms with Crippen molar-refractivity contribution < 1.29 is 23.4 Å². The maximum Gasteiger partial charge on any atom is 0.503 e. The number of hydrogen-bond donors (Lipinski definition) is 3. The second kappa shape index (κ2) is 9.82. The quantitative estimate of drug-likeness (QED) is 0.616. The van der Waals surface area contributed by atoms with Crippen molar-refractivity contribution in [1.82, 2.24) is 14.0 Å². The third-order valence-corrected chi connectivity index (χ3v) is 7.30. The number of nitrogens with zero attached hydrogens (tertiary/aromatic N) is 3. The highest BCUT2D eigenvalue weighted by molar-refractivity contribution is 7.87. The fourth-order valence-electron chi connectivity index (χ4n) is 3.79. The normalized spacial score (nSPS) is 23.5. The van der Waals surface area contributed by atoms with Gasteiger partial charge in [-0.2, -0.15) is 17.4 Å². The van der Waals surface area contributed by atoms with Crippen molar-refractivity contribution in [2.45, 2.75) is 18.9 Å². The summed E-state index contributed by atoms with van der Waals surface area (Å²) in [6, 6.07) is 13.7. The zero-order valence-corrected chi connectivity index (χ0v) is 18.5. The third kappa shape index (κ3) is 6.07. The maximum absolute atomic E-state index is 12.8. The van der Waals surface area contributed by atoms with Gasteiger partial charge in [0.05, 0.1) is 5.02 Å². The first-order chi connectivity index (χ1) is 14.7. The summed E-state index contributed by atoms with van der Waals surface area (Å²) in [5, 5.41) is 14.5. The number of aromatic nitrogens is 1. The van der Waals surface area contributed by atoms with Crippen LogP contribution < -0.4 is 9.62 Å². The molecule has 0 spiro atoms. The number of rotatable bonds is 5. The van der Waals surface area contributed by atoms with Gasteiger partial charge >= 0.3 is 6.16 Å². The lowest BCUT2D eigenvalue weighted by Crippen LogP contribution is -2.52. The van der Waals surface area contributed by atoms with Crippen LogP contribution in [-0.2, 0) is 10.2 Å². The summed E-state index contributed by atoms with van der Waals surface area (Å²) < 4.78 is 30.1. The molecule has 3 atom stereocenters. The second-order valence-electron chi connectivity index (χ2n) is 7.45. The highest BCUT2D eigenvalue weighted by Crippen LogP contribution is 2.47. The Bertz CT molecular complexity index is 978. The highest BCUT2D eigenvalue weighted by atomic mass is 35.5. The van der Waals surface area contributed by atoms with Crippen molar-refractivity contribution in [2.24, 2.45) is 5.92 Å². The van der Waals surface area contributed by atoms with Gasteiger partial charge in [0.2, 0.25) is 0 Å². The van der Waals surface area contributed by atoms with Crippen molar-refractivity contribution in [1.29, 1.82) is 0 Å². The van der Waals surface area contributed by atoms with Gasteiger partial charge in [-0.15, -0.1) is 0 Å². The maximum atomic E-state index is 12.8. The van der Waals surface area contributed by atoms with E-state index in [1.165, 1.54) is 9.87 Å². The summed E-state index contributed by atoms with van der Waals surface area (Å²) in [5.41, 5.74) is 1.19. The first kappa shape index (κ1) is 23.3. The Labute approximate surface area is 186 Å². The van der Waals surface area contributed by atoms with Crippen LogP contribution in [0.5, 0.6) is 0 Å². The van der Waals surface area contributed by atoms with E-state index in [0.29, 0.717) is 37.1 Å². The van der Waals surface area contributed by atoms with E-state index in [2.05, 4.69) is 33.7 Å². The fourth-order valence-corrected chi connectivity index (χ4v) is 5.40.